The van der Waals surface area contributed by atoms with Crippen molar-refractivity contribution in [2.45, 2.75) is 4.90 Å². The lowest BCUT2D eigenvalue weighted by Crippen LogP contribution is -2.48. The fourth-order valence-corrected chi connectivity index (χ4v) is 4.78. The van der Waals surface area contributed by atoms with E-state index in [-0.39, 0.29) is 10.8 Å². The number of nitrogens with zero attached hydrogens (tertiary/aromatic N) is 8. The third-order valence-corrected chi connectivity index (χ3v) is 7.64. The highest BCUT2D eigenvalue weighted by Crippen LogP contribution is 2.20. The first-order chi connectivity index (χ1) is 17.3. The molecule has 13 nitrogen and oxygen atoms in total. The van der Waals surface area contributed by atoms with Crippen LogP contribution in [0.15, 0.2) is 52.0 Å². The monoisotopic (exact) mass is 512 g/mol. The number of nitrogens with one attached hydrogen (secondary N) is 1. The molecule has 1 aliphatic heterocycles. The van der Waals surface area contributed by atoms with Gasteiger partial charge in [0.25, 0.3) is 5.78 Å². The predicted molar refractivity (Wildman–Crippen MR) is 135 cm³/mol. The van der Waals surface area contributed by atoms with E-state index in [0.717, 1.165) is 38.4 Å². The van der Waals surface area contributed by atoms with E-state index < -0.39 is 10.0 Å². The van der Waals surface area contributed by atoms with E-state index in [1.165, 1.54) is 11.6 Å². The molecular weight excluding hydrogens is 484 g/mol. The molecule has 0 saturated carbocycles. The lowest BCUT2D eigenvalue weighted by atomic mass is 10.2. The SMILES string of the molecule is CNS(=O)(=O)c1ccc(N2CCN(CCN(C)c3nc(N)n4nc(-c5ccco5)nc4n3)CC2)cc1. The zero-order valence-corrected chi connectivity index (χ0v) is 20.9. The molecule has 3 N–H and O–H groups in total. The third kappa shape index (κ3) is 4.82. The van der Waals surface area contributed by atoms with Gasteiger partial charge in [-0.05, 0) is 43.4 Å². The maximum absolute atomic E-state index is 11.9. The first-order valence-corrected chi connectivity index (χ1v) is 13.0. The Balaban J connectivity index is 1.17. The number of hydrogen-bond acceptors (Lipinski definition) is 11. The molecule has 36 heavy (non-hydrogen) atoms. The van der Waals surface area contributed by atoms with Gasteiger partial charge in [-0.25, -0.2) is 13.1 Å². The lowest BCUT2D eigenvalue weighted by Gasteiger charge is -2.36. The molecule has 1 fully saturated rings. The van der Waals surface area contributed by atoms with E-state index >= 15 is 0 Å². The van der Waals surface area contributed by atoms with Gasteiger partial charge in [0.15, 0.2) is 5.76 Å². The number of nitrogen functional groups attached to an aromatic ring is 1. The number of nitrogens with two attached hydrogens (primary N) is 1. The molecule has 0 atom stereocenters. The molecule has 0 radical (unpaired) electrons. The van der Waals surface area contributed by atoms with Crippen LogP contribution < -0.4 is 20.3 Å². The summed E-state index contributed by atoms with van der Waals surface area (Å²) in [7, 11) is -0.0976. The van der Waals surface area contributed by atoms with Crippen LogP contribution in [-0.4, -0.2) is 91.2 Å². The molecule has 1 aromatic carbocycles. The topological polar surface area (TPSA) is 151 Å². The highest BCUT2D eigenvalue weighted by Gasteiger charge is 2.20. The normalized spacial score (nSPS) is 15.0. The van der Waals surface area contributed by atoms with Crippen LogP contribution in [0.5, 0.6) is 0 Å². The summed E-state index contributed by atoms with van der Waals surface area (Å²) < 4.78 is 33.0. The second-order valence-corrected chi connectivity index (χ2v) is 10.3. The predicted octanol–water partition coefficient (Wildman–Crippen LogP) is 0.528. The van der Waals surface area contributed by atoms with Gasteiger partial charge in [0.1, 0.15) is 0 Å². The van der Waals surface area contributed by atoms with Crippen LogP contribution >= 0.6 is 0 Å². The molecule has 4 heterocycles. The maximum Gasteiger partial charge on any atom is 0.259 e. The number of sulfonamides is 1. The van der Waals surface area contributed by atoms with Crippen LogP contribution in [0.2, 0.25) is 0 Å². The van der Waals surface area contributed by atoms with Crippen molar-refractivity contribution in [3.63, 3.8) is 0 Å². The summed E-state index contributed by atoms with van der Waals surface area (Å²) in [5.41, 5.74) is 7.13. The molecule has 190 valence electrons. The Hall–Kier alpha value is -3.75. The number of furan rings is 1. The molecule has 0 aliphatic carbocycles. The van der Waals surface area contributed by atoms with Crippen molar-refractivity contribution in [2.24, 2.45) is 0 Å². The molecule has 0 spiro atoms. The van der Waals surface area contributed by atoms with Crippen LogP contribution in [0.4, 0.5) is 17.6 Å². The molecule has 1 aliphatic rings. The van der Waals surface area contributed by atoms with E-state index in [2.05, 4.69) is 34.6 Å². The molecule has 4 aromatic rings. The fraction of sp³-hybridized carbons (Fsp3) is 0.364. The summed E-state index contributed by atoms with van der Waals surface area (Å²) in [5, 5.41) is 4.33. The van der Waals surface area contributed by atoms with Gasteiger partial charge in [0, 0.05) is 52.0 Å². The van der Waals surface area contributed by atoms with E-state index in [0.29, 0.717) is 29.9 Å². The summed E-state index contributed by atoms with van der Waals surface area (Å²) in [6, 6.07) is 10.5. The molecule has 5 rings (SSSR count). The number of likely N-dealkylation sites (N-methyl/N-ethyl adjacent to an activating group) is 1. The zero-order valence-electron chi connectivity index (χ0n) is 20.1. The van der Waals surface area contributed by atoms with Gasteiger partial charge in [-0.2, -0.15) is 19.5 Å². The van der Waals surface area contributed by atoms with Crippen LogP contribution in [-0.2, 0) is 10.0 Å². The highest BCUT2D eigenvalue weighted by molar-refractivity contribution is 7.89. The molecule has 1 saturated heterocycles. The van der Waals surface area contributed by atoms with Crippen LogP contribution in [0.1, 0.15) is 0 Å². The average molecular weight is 513 g/mol. The quantitative estimate of drug-likeness (QED) is 0.340. The van der Waals surface area contributed by atoms with Gasteiger partial charge < -0.3 is 20.0 Å². The number of piperazine rings is 1. The van der Waals surface area contributed by atoms with E-state index in [1.54, 1.807) is 30.5 Å². The van der Waals surface area contributed by atoms with Gasteiger partial charge in [-0.15, -0.1) is 5.10 Å². The molecule has 14 heteroatoms. The van der Waals surface area contributed by atoms with Crippen LogP contribution in [0.25, 0.3) is 17.4 Å². The summed E-state index contributed by atoms with van der Waals surface area (Å²) in [6.07, 6.45) is 1.56. The standard InChI is InChI=1S/C22H28N10O3S/c1-24-36(33,34)17-7-5-16(6-8-17)31-13-11-30(12-14-31)10-9-29(2)21-26-20(23)32-22(27-21)25-19(28-32)18-4-3-15-35-18/h3-8,15,24H,9-14H2,1-2H3,(H2,23,25,26,27,28). The van der Waals surface area contributed by atoms with Gasteiger partial charge in [0.05, 0.1) is 11.2 Å². The Morgan fingerprint density at radius 2 is 1.83 bits per heavy atom. The largest absolute Gasteiger partial charge is 0.461 e. The minimum atomic E-state index is -3.43. The molecular formula is C22H28N10O3S. The van der Waals surface area contributed by atoms with Crippen molar-refractivity contribution in [2.75, 3.05) is 68.9 Å². The summed E-state index contributed by atoms with van der Waals surface area (Å²) in [4.78, 5) is 20.2. The molecule has 0 bridgehead atoms. The molecule has 0 unspecified atom stereocenters. The number of fused-ring (bicyclic) bond motifs is 1. The Kier molecular flexibility index (Phi) is 6.47. The Labute approximate surface area is 208 Å². The number of aromatic nitrogens is 5. The van der Waals surface area contributed by atoms with Crippen molar-refractivity contribution in [3.05, 3.63) is 42.7 Å². The summed E-state index contributed by atoms with van der Waals surface area (Å²) >= 11 is 0. The molecule has 0 amide bonds. The first-order valence-electron chi connectivity index (χ1n) is 11.5. The van der Waals surface area contributed by atoms with Crippen molar-refractivity contribution in [3.8, 4) is 11.6 Å². The molecule has 3 aromatic heterocycles. The third-order valence-electron chi connectivity index (χ3n) is 6.21. The minimum Gasteiger partial charge on any atom is -0.461 e. The van der Waals surface area contributed by atoms with E-state index in [9.17, 15) is 8.42 Å². The zero-order chi connectivity index (χ0) is 25.3. The van der Waals surface area contributed by atoms with E-state index in [4.69, 9.17) is 10.2 Å². The highest BCUT2D eigenvalue weighted by atomic mass is 32.2. The van der Waals surface area contributed by atoms with Crippen molar-refractivity contribution in [1.29, 1.82) is 0 Å². The van der Waals surface area contributed by atoms with Gasteiger partial charge in [-0.3, -0.25) is 4.90 Å². The van der Waals surface area contributed by atoms with Gasteiger partial charge in [-0.1, -0.05) is 0 Å². The number of benzene rings is 1. The minimum absolute atomic E-state index is 0.203. The maximum atomic E-state index is 11.9. The van der Waals surface area contributed by atoms with Gasteiger partial charge >= 0.3 is 0 Å². The second kappa shape index (κ2) is 9.72. The van der Waals surface area contributed by atoms with Crippen molar-refractivity contribution in [1.82, 2.24) is 34.2 Å². The average Bonchev–Trinajstić information content (AvgIpc) is 3.58. The number of anilines is 3. The Morgan fingerprint density at radius 3 is 2.50 bits per heavy atom. The fourth-order valence-electron chi connectivity index (χ4n) is 4.05. The number of rotatable bonds is 8. The van der Waals surface area contributed by atoms with Gasteiger partial charge in [0.2, 0.25) is 27.7 Å². The van der Waals surface area contributed by atoms with Crippen molar-refractivity contribution < 1.29 is 12.8 Å². The van der Waals surface area contributed by atoms with Crippen LogP contribution in [0, 0.1) is 0 Å². The number of hydrogen-bond donors (Lipinski definition) is 2. The van der Waals surface area contributed by atoms with Crippen LogP contribution in [0.3, 0.4) is 0 Å². The first kappa shape index (κ1) is 24.0. The summed E-state index contributed by atoms with van der Waals surface area (Å²) in [5.74, 6) is 1.98. The Bertz CT molecular complexity index is 1430. The second-order valence-electron chi connectivity index (χ2n) is 8.46. The summed E-state index contributed by atoms with van der Waals surface area (Å²) in [6.45, 7) is 5.04. The smallest absolute Gasteiger partial charge is 0.259 e. The lowest BCUT2D eigenvalue weighted by molar-refractivity contribution is 0.263. The van der Waals surface area contributed by atoms with E-state index in [1.807, 2.05) is 24.1 Å². The van der Waals surface area contributed by atoms with Crippen molar-refractivity contribution >= 4 is 33.4 Å². The Morgan fingerprint density at radius 1 is 1.08 bits per heavy atom.